The van der Waals surface area contributed by atoms with Crippen LogP contribution in [0.15, 0.2) is 29.6 Å². The molecule has 2 aromatic rings. The summed E-state index contributed by atoms with van der Waals surface area (Å²) in [6.07, 6.45) is 5.36. The van der Waals surface area contributed by atoms with Gasteiger partial charge in [-0.25, -0.2) is 4.79 Å². The molecule has 0 bridgehead atoms. The molecular weight excluding hydrogens is 400 g/mol. The Hall–Kier alpha value is -2.38. The van der Waals surface area contributed by atoms with Crippen molar-refractivity contribution in [1.29, 1.82) is 0 Å². The number of ether oxygens (including phenoxy) is 2. The molecule has 1 aliphatic rings. The normalized spacial score (nSPS) is 14.7. The summed E-state index contributed by atoms with van der Waals surface area (Å²) in [7, 11) is 1.61. The van der Waals surface area contributed by atoms with Crippen LogP contribution in [0.5, 0.6) is 5.75 Å². The van der Waals surface area contributed by atoms with Crippen molar-refractivity contribution in [3.63, 3.8) is 0 Å². The van der Waals surface area contributed by atoms with Gasteiger partial charge >= 0.3 is 5.97 Å². The van der Waals surface area contributed by atoms with Gasteiger partial charge in [-0.2, -0.15) is 0 Å². The zero-order valence-corrected chi connectivity index (χ0v) is 18.6. The minimum atomic E-state index is -0.424. The summed E-state index contributed by atoms with van der Waals surface area (Å²) in [6, 6.07) is 7.49. The average molecular weight is 431 g/mol. The maximum absolute atomic E-state index is 12.7. The molecule has 0 saturated carbocycles. The van der Waals surface area contributed by atoms with E-state index >= 15 is 0 Å². The van der Waals surface area contributed by atoms with Crippen molar-refractivity contribution >= 4 is 28.2 Å². The first-order valence-corrected chi connectivity index (χ1v) is 11.5. The Bertz CT molecular complexity index is 839. The van der Waals surface area contributed by atoms with Gasteiger partial charge in [0, 0.05) is 23.9 Å². The summed E-state index contributed by atoms with van der Waals surface area (Å²) in [5.41, 5.74) is 2.04. The highest BCUT2D eigenvalue weighted by Gasteiger charge is 2.23. The Labute approximate surface area is 182 Å². The number of amides is 1. The van der Waals surface area contributed by atoms with E-state index in [1.54, 1.807) is 14.0 Å². The van der Waals surface area contributed by atoms with Crippen molar-refractivity contribution in [1.82, 2.24) is 4.90 Å². The maximum Gasteiger partial charge on any atom is 0.341 e. The van der Waals surface area contributed by atoms with Crippen LogP contribution in [-0.2, 0) is 9.53 Å². The number of benzene rings is 1. The number of nitrogens with zero attached hydrogens (tertiary/aromatic N) is 1. The molecule has 6 nitrogen and oxygen atoms in total. The third kappa shape index (κ3) is 5.83. The lowest BCUT2D eigenvalue weighted by Crippen LogP contribution is -2.28. The van der Waals surface area contributed by atoms with Gasteiger partial charge in [0.1, 0.15) is 16.3 Å². The van der Waals surface area contributed by atoms with E-state index in [0.717, 1.165) is 36.5 Å². The second-order valence-electron chi connectivity index (χ2n) is 7.36. The molecule has 7 heteroatoms. The number of methoxy groups -OCH3 is 1. The Kier molecular flexibility index (Phi) is 8.28. The second kappa shape index (κ2) is 11.1. The average Bonchev–Trinajstić information content (AvgIpc) is 2.99. The molecule has 1 aromatic carbocycles. The molecule has 0 atom stereocenters. The number of likely N-dealkylation sites (tertiary alicyclic amines) is 1. The first-order valence-electron chi connectivity index (χ1n) is 10.6. The highest BCUT2D eigenvalue weighted by Crippen LogP contribution is 2.37. The monoisotopic (exact) mass is 430 g/mol. The van der Waals surface area contributed by atoms with Crippen LogP contribution < -0.4 is 10.1 Å². The van der Waals surface area contributed by atoms with Crippen LogP contribution in [0.2, 0.25) is 0 Å². The highest BCUT2D eigenvalue weighted by molar-refractivity contribution is 7.15. The predicted molar refractivity (Wildman–Crippen MR) is 120 cm³/mol. The largest absolute Gasteiger partial charge is 0.497 e. The summed E-state index contributed by atoms with van der Waals surface area (Å²) >= 11 is 1.35. The standard InChI is InChI=1S/C23H30N2O4S/c1-3-29-23(27)21-19(17-8-10-18(28-2)11-9-17)16-30-22(21)24-20(26)12-15-25-13-6-4-5-7-14-25/h8-11,16H,3-7,12-15H2,1-2H3,(H,24,26). The van der Waals surface area contributed by atoms with E-state index in [9.17, 15) is 9.59 Å². The maximum atomic E-state index is 12.7. The van der Waals surface area contributed by atoms with Crippen molar-refractivity contribution in [2.75, 3.05) is 38.7 Å². The van der Waals surface area contributed by atoms with Crippen molar-refractivity contribution in [2.45, 2.75) is 39.0 Å². The quantitative estimate of drug-likeness (QED) is 0.609. The minimum absolute atomic E-state index is 0.0760. The predicted octanol–water partition coefficient (Wildman–Crippen LogP) is 4.81. The van der Waals surface area contributed by atoms with Crippen LogP contribution in [0.25, 0.3) is 11.1 Å². The molecule has 30 heavy (non-hydrogen) atoms. The summed E-state index contributed by atoms with van der Waals surface area (Å²) < 4.78 is 10.5. The molecule has 0 aliphatic carbocycles. The van der Waals surface area contributed by atoms with Gasteiger partial charge in [-0.05, 0) is 50.6 Å². The minimum Gasteiger partial charge on any atom is -0.497 e. The van der Waals surface area contributed by atoms with Gasteiger partial charge in [0.15, 0.2) is 0 Å². The number of carbonyl (C=O) groups is 2. The Morgan fingerprint density at radius 2 is 1.80 bits per heavy atom. The molecule has 2 heterocycles. The SMILES string of the molecule is CCOC(=O)c1c(-c2ccc(OC)cc2)csc1NC(=O)CCN1CCCCCC1. The number of nitrogens with one attached hydrogen (secondary N) is 1. The van der Waals surface area contributed by atoms with E-state index in [4.69, 9.17) is 9.47 Å². The molecule has 1 aliphatic heterocycles. The van der Waals surface area contributed by atoms with Gasteiger partial charge in [0.05, 0.1) is 13.7 Å². The van der Waals surface area contributed by atoms with E-state index in [1.165, 1.54) is 37.0 Å². The van der Waals surface area contributed by atoms with E-state index < -0.39 is 5.97 Å². The van der Waals surface area contributed by atoms with E-state index in [2.05, 4.69) is 10.2 Å². The summed E-state index contributed by atoms with van der Waals surface area (Å²) in [6.45, 7) is 4.91. The molecule has 1 aromatic heterocycles. The Balaban J connectivity index is 1.73. The van der Waals surface area contributed by atoms with E-state index in [0.29, 0.717) is 17.0 Å². The molecular formula is C23H30N2O4S. The lowest BCUT2D eigenvalue weighted by molar-refractivity contribution is -0.116. The van der Waals surface area contributed by atoms with Crippen molar-refractivity contribution in [2.24, 2.45) is 0 Å². The summed E-state index contributed by atoms with van der Waals surface area (Å²) in [4.78, 5) is 27.6. The van der Waals surface area contributed by atoms with Gasteiger partial charge in [-0.3, -0.25) is 4.79 Å². The molecule has 1 saturated heterocycles. The van der Waals surface area contributed by atoms with Crippen molar-refractivity contribution in [3.05, 3.63) is 35.2 Å². The number of hydrogen-bond donors (Lipinski definition) is 1. The van der Waals surface area contributed by atoms with Crippen LogP contribution in [0.4, 0.5) is 5.00 Å². The molecule has 162 valence electrons. The number of thiophene rings is 1. The first-order chi connectivity index (χ1) is 14.6. The number of esters is 1. The van der Waals surface area contributed by atoms with Crippen LogP contribution >= 0.6 is 11.3 Å². The molecule has 3 rings (SSSR count). The Morgan fingerprint density at radius 1 is 1.10 bits per heavy atom. The highest BCUT2D eigenvalue weighted by atomic mass is 32.1. The molecule has 1 fully saturated rings. The number of hydrogen-bond acceptors (Lipinski definition) is 6. The van der Waals surface area contributed by atoms with Crippen molar-refractivity contribution < 1.29 is 19.1 Å². The smallest absolute Gasteiger partial charge is 0.341 e. The van der Waals surface area contributed by atoms with E-state index in [1.807, 2.05) is 29.6 Å². The molecule has 0 spiro atoms. The van der Waals surface area contributed by atoms with Gasteiger partial charge < -0.3 is 19.7 Å². The van der Waals surface area contributed by atoms with Gasteiger partial charge in [0.25, 0.3) is 0 Å². The number of carbonyl (C=O) groups excluding carboxylic acids is 2. The van der Waals surface area contributed by atoms with Gasteiger partial charge in [0.2, 0.25) is 5.91 Å². The van der Waals surface area contributed by atoms with Gasteiger partial charge in [-0.15, -0.1) is 11.3 Å². The Morgan fingerprint density at radius 3 is 2.43 bits per heavy atom. The zero-order valence-electron chi connectivity index (χ0n) is 17.7. The summed E-state index contributed by atoms with van der Waals surface area (Å²) in [5, 5.41) is 5.37. The molecule has 0 radical (unpaired) electrons. The third-order valence-electron chi connectivity index (χ3n) is 5.28. The van der Waals surface area contributed by atoms with Crippen LogP contribution in [0.1, 0.15) is 49.4 Å². The third-order valence-corrected chi connectivity index (χ3v) is 6.17. The van der Waals surface area contributed by atoms with Crippen molar-refractivity contribution in [3.8, 4) is 16.9 Å². The molecule has 1 amide bonds. The summed E-state index contributed by atoms with van der Waals surface area (Å²) in [5.74, 6) is 0.244. The number of rotatable bonds is 8. The fraction of sp³-hybridized carbons (Fsp3) is 0.478. The van der Waals surface area contributed by atoms with Crippen LogP contribution in [-0.4, -0.2) is 50.1 Å². The fourth-order valence-electron chi connectivity index (χ4n) is 3.65. The first kappa shape index (κ1) is 22.3. The lowest BCUT2D eigenvalue weighted by Gasteiger charge is -2.19. The molecule has 1 N–H and O–H groups in total. The topological polar surface area (TPSA) is 67.9 Å². The van der Waals surface area contributed by atoms with Crippen LogP contribution in [0, 0.1) is 0 Å². The van der Waals surface area contributed by atoms with E-state index in [-0.39, 0.29) is 12.5 Å². The fourth-order valence-corrected chi connectivity index (χ4v) is 4.62. The van der Waals surface area contributed by atoms with Crippen LogP contribution in [0.3, 0.4) is 0 Å². The zero-order chi connectivity index (χ0) is 21.3. The second-order valence-corrected chi connectivity index (χ2v) is 8.24. The lowest BCUT2D eigenvalue weighted by atomic mass is 10.0. The molecule has 0 unspecified atom stereocenters. The number of anilines is 1. The van der Waals surface area contributed by atoms with Gasteiger partial charge in [-0.1, -0.05) is 25.0 Å².